The lowest BCUT2D eigenvalue weighted by Crippen LogP contribution is -2.43. The SMILES string of the molecule is Cc1ccccc1-c1noc(C)c1C(=O)N1CC[C@]2(C(=O)O)CCC[C@H]12. The molecule has 0 bridgehead atoms. The standard InChI is InChI=1S/C20H22N2O4/c1-12-6-3-4-7-14(12)17-16(13(2)26-21-17)18(23)22-11-10-20(19(24)25)9-5-8-15(20)22/h3-4,6-7,15H,5,8-11H2,1-2H3,(H,24,25)/t15-,20+/m0/s1. The molecule has 2 heterocycles. The van der Waals surface area contributed by atoms with Crippen LogP contribution in [0, 0.1) is 19.3 Å². The predicted octanol–water partition coefficient (Wildman–Crippen LogP) is 3.43. The average Bonchev–Trinajstić information content (AvgIpc) is 3.28. The van der Waals surface area contributed by atoms with Crippen LogP contribution in [0.15, 0.2) is 28.8 Å². The number of aromatic nitrogens is 1. The maximum absolute atomic E-state index is 13.4. The van der Waals surface area contributed by atoms with Crippen LogP contribution < -0.4 is 0 Å². The fraction of sp³-hybridized carbons (Fsp3) is 0.450. The van der Waals surface area contributed by atoms with E-state index in [0.717, 1.165) is 24.0 Å². The second-order valence-electron chi connectivity index (χ2n) is 7.40. The molecule has 1 N–H and O–H groups in total. The highest BCUT2D eigenvalue weighted by molar-refractivity contribution is 6.02. The predicted molar refractivity (Wildman–Crippen MR) is 94.8 cm³/mol. The van der Waals surface area contributed by atoms with Crippen molar-refractivity contribution in [3.8, 4) is 11.3 Å². The van der Waals surface area contributed by atoms with E-state index in [0.29, 0.717) is 36.4 Å². The third kappa shape index (κ3) is 2.28. The van der Waals surface area contributed by atoms with Gasteiger partial charge in [0, 0.05) is 18.2 Å². The second kappa shape index (κ2) is 5.97. The van der Waals surface area contributed by atoms with Gasteiger partial charge in [-0.05, 0) is 38.7 Å². The summed E-state index contributed by atoms with van der Waals surface area (Å²) in [4.78, 5) is 27.0. The number of carbonyl (C=O) groups excluding carboxylic acids is 1. The number of carbonyl (C=O) groups is 2. The maximum Gasteiger partial charge on any atom is 0.311 e. The summed E-state index contributed by atoms with van der Waals surface area (Å²) in [5.74, 6) is -0.479. The van der Waals surface area contributed by atoms with Crippen molar-refractivity contribution in [2.24, 2.45) is 5.41 Å². The number of hydrogen-bond acceptors (Lipinski definition) is 4. The van der Waals surface area contributed by atoms with Crippen LogP contribution in [-0.2, 0) is 4.79 Å². The molecule has 0 unspecified atom stereocenters. The van der Waals surface area contributed by atoms with Crippen molar-refractivity contribution in [1.29, 1.82) is 0 Å². The lowest BCUT2D eigenvalue weighted by molar-refractivity contribution is -0.149. The number of carboxylic acids is 1. The van der Waals surface area contributed by atoms with Crippen molar-refractivity contribution in [2.75, 3.05) is 6.54 Å². The maximum atomic E-state index is 13.4. The number of aryl methyl sites for hydroxylation is 2. The van der Waals surface area contributed by atoms with Gasteiger partial charge in [-0.3, -0.25) is 9.59 Å². The van der Waals surface area contributed by atoms with E-state index in [4.69, 9.17) is 4.52 Å². The van der Waals surface area contributed by atoms with Gasteiger partial charge in [-0.1, -0.05) is 35.8 Å². The Morgan fingerprint density at radius 1 is 1.27 bits per heavy atom. The summed E-state index contributed by atoms with van der Waals surface area (Å²) in [6, 6.07) is 7.49. The van der Waals surface area contributed by atoms with E-state index in [1.165, 1.54) is 0 Å². The van der Waals surface area contributed by atoms with Crippen molar-refractivity contribution in [3.63, 3.8) is 0 Å². The number of likely N-dealkylation sites (tertiary alicyclic amines) is 1. The number of rotatable bonds is 3. The summed E-state index contributed by atoms with van der Waals surface area (Å²) < 4.78 is 5.36. The number of nitrogens with zero attached hydrogens (tertiary/aromatic N) is 2. The summed E-state index contributed by atoms with van der Waals surface area (Å²) >= 11 is 0. The van der Waals surface area contributed by atoms with Gasteiger partial charge in [-0.2, -0.15) is 0 Å². The van der Waals surface area contributed by atoms with E-state index in [1.54, 1.807) is 11.8 Å². The molecule has 4 rings (SSSR count). The Morgan fingerprint density at radius 2 is 2.04 bits per heavy atom. The van der Waals surface area contributed by atoms with Crippen molar-refractivity contribution in [2.45, 2.75) is 45.6 Å². The Bertz CT molecular complexity index is 888. The van der Waals surface area contributed by atoms with Crippen LogP contribution >= 0.6 is 0 Å². The lowest BCUT2D eigenvalue weighted by Gasteiger charge is -2.28. The van der Waals surface area contributed by atoms with Crippen LogP contribution in [0.5, 0.6) is 0 Å². The number of hydrogen-bond donors (Lipinski definition) is 1. The van der Waals surface area contributed by atoms with E-state index in [1.807, 2.05) is 31.2 Å². The van der Waals surface area contributed by atoms with Gasteiger partial charge in [-0.25, -0.2) is 0 Å². The number of aliphatic carboxylic acids is 1. The Kier molecular flexibility index (Phi) is 3.86. The molecule has 2 fully saturated rings. The van der Waals surface area contributed by atoms with E-state index >= 15 is 0 Å². The molecule has 1 aliphatic heterocycles. The number of benzene rings is 1. The molecule has 1 saturated carbocycles. The third-order valence-electron chi connectivity index (χ3n) is 6.08. The quantitative estimate of drug-likeness (QED) is 0.913. The van der Waals surface area contributed by atoms with Gasteiger partial charge in [0.15, 0.2) is 0 Å². The summed E-state index contributed by atoms with van der Waals surface area (Å²) in [6.45, 7) is 4.17. The number of fused-ring (bicyclic) bond motifs is 1. The van der Waals surface area contributed by atoms with Crippen molar-refractivity contribution in [1.82, 2.24) is 10.1 Å². The van der Waals surface area contributed by atoms with E-state index in [9.17, 15) is 14.7 Å². The minimum atomic E-state index is -0.788. The Hall–Kier alpha value is -2.63. The van der Waals surface area contributed by atoms with Crippen molar-refractivity contribution >= 4 is 11.9 Å². The molecule has 2 atom stereocenters. The Balaban J connectivity index is 1.74. The van der Waals surface area contributed by atoms with Crippen LogP contribution in [0.25, 0.3) is 11.3 Å². The molecule has 1 amide bonds. The van der Waals surface area contributed by atoms with E-state index in [2.05, 4.69) is 5.16 Å². The highest BCUT2D eigenvalue weighted by Gasteiger charge is 2.57. The van der Waals surface area contributed by atoms with Gasteiger partial charge < -0.3 is 14.5 Å². The van der Waals surface area contributed by atoms with E-state index in [-0.39, 0.29) is 11.9 Å². The van der Waals surface area contributed by atoms with Crippen molar-refractivity contribution in [3.05, 3.63) is 41.2 Å². The normalized spacial score (nSPS) is 24.7. The summed E-state index contributed by atoms with van der Waals surface area (Å²) in [6.07, 6.45) is 2.74. The summed E-state index contributed by atoms with van der Waals surface area (Å²) in [5, 5.41) is 13.9. The molecule has 1 aliphatic carbocycles. The second-order valence-corrected chi connectivity index (χ2v) is 7.40. The van der Waals surface area contributed by atoms with Crippen LogP contribution in [-0.4, -0.2) is 39.6 Å². The zero-order valence-corrected chi connectivity index (χ0v) is 15.0. The van der Waals surface area contributed by atoms with Crippen LogP contribution in [0.1, 0.15) is 47.4 Å². The number of amides is 1. The smallest absolute Gasteiger partial charge is 0.311 e. The third-order valence-corrected chi connectivity index (χ3v) is 6.08. The first-order valence-corrected chi connectivity index (χ1v) is 9.02. The molecule has 6 heteroatoms. The summed E-state index contributed by atoms with van der Waals surface area (Å²) in [7, 11) is 0. The van der Waals surface area contributed by atoms with Crippen molar-refractivity contribution < 1.29 is 19.2 Å². The molecular formula is C20H22N2O4. The Morgan fingerprint density at radius 3 is 2.77 bits per heavy atom. The van der Waals surface area contributed by atoms with Gasteiger partial charge in [0.25, 0.3) is 5.91 Å². The van der Waals surface area contributed by atoms with Crippen LogP contribution in [0.2, 0.25) is 0 Å². The highest BCUT2D eigenvalue weighted by Crippen LogP contribution is 2.49. The molecule has 136 valence electrons. The van der Waals surface area contributed by atoms with E-state index < -0.39 is 11.4 Å². The van der Waals surface area contributed by atoms with Crippen LogP contribution in [0.3, 0.4) is 0 Å². The molecule has 1 aromatic carbocycles. The molecule has 1 saturated heterocycles. The van der Waals surface area contributed by atoms with Gasteiger partial charge in [0.2, 0.25) is 0 Å². The van der Waals surface area contributed by atoms with Gasteiger partial charge in [0.1, 0.15) is 17.0 Å². The minimum Gasteiger partial charge on any atom is -0.481 e. The average molecular weight is 354 g/mol. The molecule has 6 nitrogen and oxygen atoms in total. The molecule has 2 aromatic rings. The van der Waals surface area contributed by atoms with Gasteiger partial charge >= 0.3 is 5.97 Å². The molecule has 26 heavy (non-hydrogen) atoms. The fourth-order valence-electron chi connectivity index (χ4n) is 4.66. The lowest BCUT2D eigenvalue weighted by atomic mass is 9.82. The molecule has 2 aliphatic rings. The molecular weight excluding hydrogens is 332 g/mol. The largest absolute Gasteiger partial charge is 0.481 e. The first kappa shape index (κ1) is 16.8. The zero-order valence-electron chi connectivity index (χ0n) is 15.0. The summed E-state index contributed by atoms with van der Waals surface area (Å²) in [5.41, 5.74) is 2.08. The molecule has 0 radical (unpaired) electrons. The zero-order chi connectivity index (χ0) is 18.5. The monoisotopic (exact) mass is 354 g/mol. The number of carboxylic acid groups (broad SMARTS) is 1. The fourth-order valence-corrected chi connectivity index (χ4v) is 4.66. The first-order chi connectivity index (χ1) is 12.5. The topological polar surface area (TPSA) is 83.6 Å². The highest BCUT2D eigenvalue weighted by atomic mass is 16.5. The van der Waals surface area contributed by atoms with Gasteiger partial charge in [0.05, 0.1) is 5.41 Å². The van der Waals surface area contributed by atoms with Gasteiger partial charge in [-0.15, -0.1) is 0 Å². The first-order valence-electron chi connectivity index (χ1n) is 9.02. The van der Waals surface area contributed by atoms with Crippen LogP contribution in [0.4, 0.5) is 0 Å². The molecule has 1 aromatic heterocycles. The minimum absolute atomic E-state index is 0.169. The Labute approximate surface area is 151 Å². The molecule has 0 spiro atoms.